The molecule has 4 rings (SSSR count). The number of benzene rings is 2. The van der Waals surface area contributed by atoms with Crippen molar-refractivity contribution in [1.82, 2.24) is 8.87 Å². The number of thiazole rings is 1. The zero-order chi connectivity index (χ0) is 23.6. The van der Waals surface area contributed by atoms with Gasteiger partial charge in [-0.2, -0.15) is 9.30 Å². The van der Waals surface area contributed by atoms with Gasteiger partial charge in [-0.05, 0) is 55.7 Å². The first-order chi connectivity index (χ1) is 15.9. The molecule has 1 fully saturated rings. The van der Waals surface area contributed by atoms with E-state index >= 15 is 0 Å². The molecule has 0 bridgehead atoms. The smallest absolute Gasteiger partial charge is 0.279 e. The van der Waals surface area contributed by atoms with E-state index in [1.165, 1.54) is 35.6 Å². The summed E-state index contributed by atoms with van der Waals surface area (Å²) in [4.78, 5) is 17.8. The number of carbonyl (C=O) groups is 1. The third kappa shape index (κ3) is 4.64. The highest BCUT2D eigenvalue weighted by Gasteiger charge is 2.32. The molecule has 1 aromatic heterocycles. The SMILES string of the molecule is C#CCn1c(=NC(=O)c2ccc(S(=O)(=O)N3CCCCC3CC)cc2)sc2cccc(Cl)c21. The quantitative estimate of drug-likeness (QED) is 0.476. The van der Waals surface area contributed by atoms with Gasteiger partial charge in [0.05, 0.1) is 26.7 Å². The molecule has 1 amide bonds. The van der Waals surface area contributed by atoms with E-state index in [0.717, 1.165) is 35.9 Å². The molecule has 1 unspecified atom stereocenters. The molecule has 0 spiro atoms. The number of halogens is 1. The lowest BCUT2D eigenvalue weighted by Crippen LogP contribution is -2.43. The predicted octanol–water partition coefficient (Wildman–Crippen LogP) is 4.68. The van der Waals surface area contributed by atoms with Gasteiger partial charge in [0.2, 0.25) is 10.0 Å². The second kappa shape index (κ2) is 9.82. The molecule has 33 heavy (non-hydrogen) atoms. The molecule has 1 aliphatic heterocycles. The van der Waals surface area contributed by atoms with Crippen LogP contribution in [0.15, 0.2) is 52.4 Å². The van der Waals surface area contributed by atoms with Crippen LogP contribution >= 0.6 is 22.9 Å². The number of terminal acetylenes is 1. The highest BCUT2D eigenvalue weighted by molar-refractivity contribution is 7.89. The summed E-state index contributed by atoms with van der Waals surface area (Å²) in [6.07, 6.45) is 9.08. The molecule has 9 heteroatoms. The second-order valence-electron chi connectivity index (χ2n) is 7.88. The zero-order valence-electron chi connectivity index (χ0n) is 18.2. The summed E-state index contributed by atoms with van der Waals surface area (Å²) in [6.45, 7) is 2.76. The predicted molar refractivity (Wildman–Crippen MR) is 132 cm³/mol. The van der Waals surface area contributed by atoms with E-state index in [1.54, 1.807) is 14.9 Å². The lowest BCUT2D eigenvalue weighted by atomic mass is 10.0. The molecule has 0 saturated carbocycles. The van der Waals surface area contributed by atoms with E-state index in [-0.39, 0.29) is 17.5 Å². The summed E-state index contributed by atoms with van der Waals surface area (Å²) in [5.41, 5.74) is 1.04. The minimum atomic E-state index is -3.61. The lowest BCUT2D eigenvalue weighted by molar-refractivity contribution is 0.0997. The third-order valence-corrected chi connectivity index (χ3v) is 9.17. The van der Waals surface area contributed by atoms with Crippen LogP contribution in [0.2, 0.25) is 5.02 Å². The Labute approximate surface area is 202 Å². The fraction of sp³-hybridized carbons (Fsp3) is 0.333. The molecule has 3 aromatic rings. The Bertz CT molecular complexity index is 1400. The average Bonchev–Trinajstić information content (AvgIpc) is 3.17. The molecule has 2 heterocycles. The van der Waals surface area contributed by atoms with E-state index in [9.17, 15) is 13.2 Å². The van der Waals surface area contributed by atoms with Gasteiger partial charge in [0.15, 0.2) is 4.80 Å². The van der Waals surface area contributed by atoms with Crippen LogP contribution < -0.4 is 4.80 Å². The number of hydrogen-bond acceptors (Lipinski definition) is 4. The first kappa shape index (κ1) is 23.7. The van der Waals surface area contributed by atoms with Gasteiger partial charge >= 0.3 is 0 Å². The minimum Gasteiger partial charge on any atom is -0.303 e. The largest absolute Gasteiger partial charge is 0.303 e. The number of sulfonamides is 1. The normalized spacial score (nSPS) is 17.8. The minimum absolute atomic E-state index is 0.0199. The van der Waals surface area contributed by atoms with Crippen LogP contribution in [0.3, 0.4) is 0 Å². The van der Waals surface area contributed by atoms with E-state index in [4.69, 9.17) is 18.0 Å². The molecule has 6 nitrogen and oxygen atoms in total. The van der Waals surface area contributed by atoms with E-state index in [2.05, 4.69) is 10.9 Å². The summed E-state index contributed by atoms with van der Waals surface area (Å²) >= 11 is 7.66. The van der Waals surface area contributed by atoms with Gasteiger partial charge in [-0.15, -0.1) is 6.42 Å². The number of fused-ring (bicyclic) bond motifs is 1. The van der Waals surface area contributed by atoms with Crippen LogP contribution in [0.25, 0.3) is 10.2 Å². The zero-order valence-corrected chi connectivity index (χ0v) is 20.6. The first-order valence-corrected chi connectivity index (χ1v) is 13.4. The van der Waals surface area contributed by atoms with Crippen molar-refractivity contribution in [2.45, 2.75) is 50.1 Å². The Morgan fingerprint density at radius 1 is 1.24 bits per heavy atom. The van der Waals surface area contributed by atoms with Crippen molar-refractivity contribution in [2.75, 3.05) is 6.54 Å². The van der Waals surface area contributed by atoms with Gasteiger partial charge in [-0.1, -0.05) is 48.3 Å². The summed E-state index contributed by atoms with van der Waals surface area (Å²) in [6, 6.07) is 11.5. The van der Waals surface area contributed by atoms with Gasteiger partial charge in [0, 0.05) is 18.2 Å². The van der Waals surface area contributed by atoms with E-state index in [1.807, 2.05) is 19.1 Å². The monoisotopic (exact) mass is 501 g/mol. The molecule has 1 atom stereocenters. The summed E-state index contributed by atoms with van der Waals surface area (Å²) in [5.74, 6) is 2.10. The molecule has 2 aromatic carbocycles. The molecule has 172 valence electrons. The second-order valence-corrected chi connectivity index (χ2v) is 11.2. The topological polar surface area (TPSA) is 71.7 Å². The standard InChI is InChI=1S/C24H24ClN3O3S2/c1-3-15-27-22-20(25)9-7-10-21(22)32-24(27)26-23(29)17-11-13-19(14-12-17)33(30,31)28-16-6-5-8-18(28)4-2/h1,7,9-14,18H,4-6,8,15-16H2,2H3. The Morgan fingerprint density at radius 3 is 2.70 bits per heavy atom. The Hall–Kier alpha value is -2.44. The molecular weight excluding hydrogens is 478 g/mol. The Balaban J connectivity index is 1.66. The molecule has 1 aliphatic rings. The fourth-order valence-corrected chi connectivity index (χ4v) is 7.32. The lowest BCUT2D eigenvalue weighted by Gasteiger charge is -2.34. The van der Waals surface area contributed by atoms with E-state index < -0.39 is 15.9 Å². The van der Waals surface area contributed by atoms with Crippen molar-refractivity contribution in [3.05, 3.63) is 57.9 Å². The van der Waals surface area contributed by atoms with Gasteiger partial charge in [-0.25, -0.2) is 8.42 Å². The molecular formula is C24H24ClN3O3S2. The van der Waals surface area contributed by atoms with Crippen molar-refractivity contribution in [3.63, 3.8) is 0 Å². The highest BCUT2D eigenvalue weighted by Crippen LogP contribution is 2.28. The van der Waals surface area contributed by atoms with Crippen molar-refractivity contribution in [3.8, 4) is 12.3 Å². The molecule has 0 radical (unpaired) electrons. The van der Waals surface area contributed by atoms with Crippen LogP contribution in [0.1, 0.15) is 43.0 Å². The maximum atomic E-state index is 13.2. The molecule has 0 N–H and O–H groups in total. The van der Waals surface area contributed by atoms with Crippen LogP contribution in [-0.2, 0) is 16.6 Å². The van der Waals surface area contributed by atoms with Crippen LogP contribution in [0.4, 0.5) is 0 Å². The maximum Gasteiger partial charge on any atom is 0.279 e. The van der Waals surface area contributed by atoms with Crippen LogP contribution in [-0.4, -0.2) is 35.8 Å². The summed E-state index contributed by atoms with van der Waals surface area (Å²) < 4.78 is 30.5. The van der Waals surface area contributed by atoms with Gasteiger partial charge < -0.3 is 4.57 Å². The Morgan fingerprint density at radius 2 is 2.00 bits per heavy atom. The number of carbonyl (C=O) groups excluding carboxylic acids is 1. The number of piperidine rings is 1. The fourth-order valence-electron chi connectivity index (χ4n) is 4.16. The molecule has 1 saturated heterocycles. The first-order valence-electron chi connectivity index (χ1n) is 10.8. The van der Waals surface area contributed by atoms with E-state index in [0.29, 0.717) is 21.9 Å². The van der Waals surface area contributed by atoms with Crippen molar-refractivity contribution < 1.29 is 13.2 Å². The summed E-state index contributed by atoms with van der Waals surface area (Å²) in [5, 5.41) is 0.533. The van der Waals surface area contributed by atoms with Gasteiger partial charge in [0.1, 0.15) is 0 Å². The Kier molecular flexibility index (Phi) is 7.05. The number of aromatic nitrogens is 1. The maximum absolute atomic E-state index is 13.2. The third-order valence-electron chi connectivity index (χ3n) is 5.85. The number of amides is 1. The highest BCUT2D eigenvalue weighted by atomic mass is 35.5. The number of rotatable bonds is 5. The van der Waals surface area contributed by atoms with Gasteiger partial charge in [0.25, 0.3) is 5.91 Å². The van der Waals surface area contributed by atoms with Crippen LogP contribution in [0.5, 0.6) is 0 Å². The van der Waals surface area contributed by atoms with Crippen LogP contribution in [0, 0.1) is 12.3 Å². The van der Waals surface area contributed by atoms with Crippen molar-refractivity contribution >= 4 is 49.1 Å². The average molecular weight is 502 g/mol. The van der Waals surface area contributed by atoms with Crippen molar-refractivity contribution in [1.29, 1.82) is 0 Å². The van der Waals surface area contributed by atoms with Crippen molar-refractivity contribution in [2.24, 2.45) is 4.99 Å². The van der Waals surface area contributed by atoms with Gasteiger partial charge in [-0.3, -0.25) is 4.79 Å². The number of para-hydroxylation sites is 1. The molecule has 0 aliphatic carbocycles. The number of hydrogen-bond donors (Lipinski definition) is 0. The summed E-state index contributed by atoms with van der Waals surface area (Å²) in [7, 11) is -3.61. The number of nitrogens with zero attached hydrogens (tertiary/aromatic N) is 3.